The van der Waals surface area contributed by atoms with E-state index < -0.39 is 0 Å². The second-order valence-electron chi connectivity index (χ2n) is 3.47. The summed E-state index contributed by atoms with van der Waals surface area (Å²) in [6.07, 6.45) is 1.62. The predicted octanol–water partition coefficient (Wildman–Crippen LogP) is 1.51. The molecule has 1 heterocycles. The standard InChI is InChI=1S/C9H17BrN4/c1-4-14-9(11-7-12-14)6-13(3)5-8(2)10/h7-8H,4-6H2,1-3H3. The third-order valence-electron chi connectivity index (χ3n) is 1.97. The lowest BCUT2D eigenvalue weighted by Gasteiger charge is -2.17. The molecule has 80 valence electrons. The van der Waals surface area contributed by atoms with Gasteiger partial charge in [0.05, 0.1) is 6.54 Å². The molecule has 0 saturated heterocycles. The quantitative estimate of drug-likeness (QED) is 0.753. The average molecular weight is 261 g/mol. The molecule has 4 nitrogen and oxygen atoms in total. The molecule has 0 radical (unpaired) electrons. The van der Waals surface area contributed by atoms with Crippen LogP contribution in [-0.4, -0.2) is 38.1 Å². The number of nitrogens with zero attached hydrogens (tertiary/aromatic N) is 4. The van der Waals surface area contributed by atoms with Crippen LogP contribution in [0.5, 0.6) is 0 Å². The minimum Gasteiger partial charge on any atom is -0.298 e. The molecule has 0 aromatic carbocycles. The fraction of sp³-hybridized carbons (Fsp3) is 0.778. The van der Waals surface area contributed by atoms with Crippen LogP contribution in [0.4, 0.5) is 0 Å². The monoisotopic (exact) mass is 260 g/mol. The van der Waals surface area contributed by atoms with Gasteiger partial charge in [-0.25, -0.2) is 9.67 Å². The zero-order valence-corrected chi connectivity index (χ0v) is 10.5. The molecule has 0 N–H and O–H groups in total. The second kappa shape index (κ2) is 5.46. The lowest BCUT2D eigenvalue weighted by molar-refractivity contribution is 0.316. The van der Waals surface area contributed by atoms with E-state index in [1.807, 2.05) is 4.68 Å². The lowest BCUT2D eigenvalue weighted by atomic mass is 10.4. The first kappa shape index (κ1) is 11.7. The van der Waals surface area contributed by atoms with Gasteiger partial charge < -0.3 is 0 Å². The van der Waals surface area contributed by atoms with Crippen molar-refractivity contribution >= 4 is 15.9 Å². The third-order valence-corrected chi connectivity index (χ3v) is 2.26. The van der Waals surface area contributed by atoms with Crippen LogP contribution in [0.1, 0.15) is 19.7 Å². The first-order valence-corrected chi connectivity index (χ1v) is 5.74. The molecule has 1 unspecified atom stereocenters. The average Bonchev–Trinajstić information content (AvgIpc) is 2.50. The number of aryl methyl sites for hydroxylation is 1. The molecule has 5 heteroatoms. The number of hydrogen-bond acceptors (Lipinski definition) is 3. The Bertz CT molecular complexity index is 272. The minimum atomic E-state index is 0.505. The number of halogens is 1. The predicted molar refractivity (Wildman–Crippen MR) is 60.4 cm³/mol. The molecular weight excluding hydrogens is 244 g/mol. The number of aromatic nitrogens is 3. The summed E-state index contributed by atoms with van der Waals surface area (Å²) in [4.78, 5) is 6.97. The number of alkyl halides is 1. The van der Waals surface area contributed by atoms with Gasteiger partial charge in [0.1, 0.15) is 12.2 Å². The Morgan fingerprint density at radius 3 is 2.93 bits per heavy atom. The molecule has 0 fully saturated rings. The summed E-state index contributed by atoms with van der Waals surface area (Å²) in [5, 5.41) is 4.13. The molecule has 0 aliphatic heterocycles. The highest BCUT2D eigenvalue weighted by molar-refractivity contribution is 9.09. The maximum absolute atomic E-state index is 4.23. The van der Waals surface area contributed by atoms with Crippen molar-refractivity contribution in [3.8, 4) is 0 Å². The Morgan fingerprint density at radius 2 is 2.36 bits per heavy atom. The summed E-state index contributed by atoms with van der Waals surface area (Å²) in [7, 11) is 2.09. The maximum atomic E-state index is 4.23. The van der Waals surface area contributed by atoms with Gasteiger partial charge in [-0.05, 0) is 14.0 Å². The van der Waals surface area contributed by atoms with Crippen molar-refractivity contribution in [1.29, 1.82) is 0 Å². The Labute approximate surface area is 93.4 Å². The van der Waals surface area contributed by atoms with Gasteiger partial charge in [0, 0.05) is 17.9 Å². The van der Waals surface area contributed by atoms with E-state index in [4.69, 9.17) is 0 Å². The van der Waals surface area contributed by atoms with Crippen molar-refractivity contribution < 1.29 is 0 Å². The molecule has 0 aliphatic carbocycles. The molecule has 1 aromatic heterocycles. The molecule has 0 amide bonds. The van der Waals surface area contributed by atoms with Gasteiger partial charge in [0.15, 0.2) is 0 Å². The van der Waals surface area contributed by atoms with E-state index in [9.17, 15) is 0 Å². The second-order valence-corrected chi connectivity index (χ2v) is 5.03. The summed E-state index contributed by atoms with van der Waals surface area (Å²) in [5.74, 6) is 1.03. The van der Waals surface area contributed by atoms with Crippen molar-refractivity contribution in [2.75, 3.05) is 13.6 Å². The van der Waals surface area contributed by atoms with E-state index in [0.717, 1.165) is 25.5 Å². The topological polar surface area (TPSA) is 34.0 Å². The molecule has 1 aromatic rings. The summed E-state index contributed by atoms with van der Waals surface area (Å²) >= 11 is 3.53. The third kappa shape index (κ3) is 3.38. The van der Waals surface area contributed by atoms with Gasteiger partial charge in [-0.3, -0.25) is 4.90 Å². The molecule has 0 saturated carbocycles. The Morgan fingerprint density at radius 1 is 1.64 bits per heavy atom. The maximum Gasteiger partial charge on any atom is 0.140 e. The fourth-order valence-electron chi connectivity index (χ4n) is 1.41. The highest BCUT2D eigenvalue weighted by atomic mass is 79.9. The normalized spacial score (nSPS) is 13.5. The van der Waals surface area contributed by atoms with Crippen molar-refractivity contribution in [1.82, 2.24) is 19.7 Å². The highest BCUT2D eigenvalue weighted by Gasteiger charge is 2.08. The Hall–Kier alpha value is -0.420. The van der Waals surface area contributed by atoms with Crippen LogP contribution in [0.2, 0.25) is 0 Å². The largest absolute Gasteiger partial charge is 0.298 e. The molecule has 14 heavy (non-hydrogen) atoms. The highest BCUT2D eigenvalue weighted by Crippen LogP contribution is 2.03. The van der Waals surface area contributed by atoms with Crippen molar-refractivity contribution in [3.05, 3.63) is 12.2 Å². The van der Waals surface area contributed by atoms with Crippen molar-refractivity contribution in [3.63, 3.8) is 0 Å². The molecule has 0 bridgehead atoms. The van der Waals surface area contributed by atoms with Gasteiger partial charge in [-0.15, -0.1) is 0 Å². The van der Waals surface area contributed by atoms with E-state index in [2.05, 4.69) is 51.8 Å². The number of rotatable bonds is 5. The van der Waals surface area contributed by atoms with Crippen LogP contribution >= 0.6 is 15.9 Å². The zero-order valence-electron chi connectivity index (χ0n) is 8.94. The molecule has 1 atom stereocenters. The first-order valence-electron chi connectivity index (χ1n) is 4.82. The van der Waals surface area contributed by atoms with Crippen LogP contribution in [0.25, 0.3) is 0 Å². The van der Waals surface area contributed by atoms with Crippen LogP contribution < -0.4 is 0 Å². The zero-order chi connectivity index (χ0) is 10.6. The summed E-state index contributed by atoms with van der Waals surface area (Å²) in [5.41, 5.74) is 0. The fourth-order valence-corrected chi connectivity index (χ4v) is 1.90. The molecular formula is C9H17BrN4. The van der Waals surface area contributed by atoms with E-state index >= 15 is 0 Å². The summed E-state index contributed by atoms with van der Waals surface area (Å²) in [6, 6.07) is 0. The van der Waals surface area contributed by atoms with Gasteiger partial charge in [-0.1, -0.05) is 22.9 Å². The smallest absolute Gasteiger partial charge is 0.140 e. The molecule has 0 spiro atoms. The summed E-state index contributed by atoms with van der Waals surface area (Å²) in [6.45, 7) is 6.96. The van der Waals surface area contributed by atoms with Gasteiger partial charge in [0.25, 0.3) is 0 Å². The van der Waals surface area contributed by atoms with E-state index in [1.54, 1.807) is 6.33 Å². The van der Waals surface area contributed by atoms with Crippen LogP contribution in [-0.2, 0) is 13.1 Å². The van der Waals surface area contributed by atoms with Crippen molar-refractivity contribution in [2.24, 2.45) is 0 Å². The van der Waals surface area contributed by atoms with Gasteiger partial charge >= 0.3 is 0 Å². The molecule has 0 aliphatic rings. The van der Waals surface area contributed by atoms with E-state index in [-0.39, 0.29) is 0 Å². The van der Waals surface area contributed by atoms with Gasteiger partial charge in [0.2, 0.25) is 0 Å². The van der Waals surface area contributed by atoms with Crippen LogP contribution in [0, 0.1) is 0 Å². The summed E-state index contributed by atoms with van der Waals surface area (Å²) < 4.78 is 1.93. The number of hydrogen-bond donors (Lipinski definition) is 0. The minimum absolute atomic E-state index is 0.505. The van der Waals surface area contributed by atoms with Crippen LogP contribution in [0.3, 0.4) is 0 Å². The van der Waals surface area contributed by atoms with Crippen molar-refractivity contribution in [2.45, 2.75) is 31.8 Å². The van der Waals surface area contributed by atoms with E-state index in [0.29, 0.717) is 4.83 Å². The van der Waals surface area contributed by atoms with Gasteiger partial charge in [-0.2, -0.15) is 5.10 Å². The first-order chi connectivity index (χ1) is 6.63. The van der Waals surface area contributed by atoms with E-state index in [1.165, 1.54) is 0 Å². The Balaban J connectivity index is 2.51. The van der Waals surface area contributed by atoms with Crippen LogP contribution in [0.15, 0.2) is 6.33 Å². The lowest BCUT2D eigenvalue weighted by Crippen LogP contribution is -2.25. The SMILES string of the molecule is CCn1ncnc1CN(C)CC(C)Br. The Kier molecular flexibility index (Phi) is 4.54. The molecule has 1 rings (SSSR count).